The van der Waals surface area contributed by atoms with Gasteiger partial charge >= 0.3 is 0 Å². The molecule has 0 aromatic carbocycles. The minimum Gasteiger partial charge on any atom is -0.476 e. The van der Waals surface area contributed by atoms with Crippen molar-refractivity contribution in [3.8, 4) is 5.88 Å². The minimum atomic E-state index is 0.0682. The first kappa shape index (κ1) is 10.0. The Balaban J connectivity index is 2.59. The molecule has 0 fully saturated rings. The van der Waals surface area contributed by atoms with Gasteiger partial charge in [0.25, 0.3) is 0 Å². The van der Waals surface area contributed by atoms with Gasteiger partial charge in [-0.15, -0.1) is 0 Å². The molecule has 6 heteroatoms. The monoisotopic (exact) mass is 203 g/mol. The van der Waals surface area contributed by atoms with Gasteiger partial charge in [0.2, 0.25) is 11.2 Å². The Morgan fingerprint density at radius 1 is 1.62 bits per heavy atom. The SMILES string of the molecule is Nc1cnc(Cl)nc1OCCCO. The molecule has 1 aromatic heterocycles. The van der Waals surface area contributed by atoms with Gasteiger partial charge in [-0.05, 0) is 11.6 Å². The molecular formula is C7H10ClN3O2. The van der Waals surface area contributed by atoms with Crippen molar-refractivity contribution in [2.75, 3.05) is 18.9 Å². The van der Waals surface area contributed by atoms with Crippen LogP contribution in [0.1, 0.15) is 6.42 Å². The van der Waals surface area contributed by atoms with Crippen LogP contribution in [0.3, 0.4) is 0 Å². The van der Waals surface area contributed by atoms with Gasteiger partial charge in [0.05, 0.1) is 12.8 Å². The van der Waals surface area contributed by atoms with Crippen molar-refractivity contribution in [3.05, 3.63) is 11.5 Å². The number of halogens is 1. The number of aliphatic hydroxyl groups excluding tert-OH is 1. The largest absolute Gasteiger partial charge is 0.476 e. The molecule has 0 amide bonds. The maximum atomic E-state index is 8.50. The molecule has 72 valence electrons. The first-order chi connectivity index (χ1) is 6.24. The Labute approximate surface area is 80.5 Å². The van der Waals surface area contributed by atoms with Gasteiger partial charge in [-0.2, -0.15) is 4.98 Å². The Morgan fingerprint density at radius 2 is 2.38 bits per heavy atom. The topological polar surface area (TPSA) is 81.3 Å². The summed E-state index contributed by atoms with van der Waals surface area (Å²) >= 11 is 5.52. The van der Waals surface area contributed by atoms with Gasteiger partial charge in [0.1, 0.15) is 5.69 Å². The van der Waals surface area contributed by atoms with Gasteiger partial charge in [-0.25, -0.2) is 4.98 Å². The standard InChI is InChI=1S/C7H10ClN3O2/c8-7-10-4-5(9)6(11-7)13-3-1-2-12/h4,12H,1-3,9H2. The zero-order valence-corrected chi connectivity index (χ0v) is 7.66. The summed E-state index contributed by atoms with van der Waals surface area (Å²) in [6.07, 6.45) is 1.91. The van der Waals surface area contributed by atoms with Gasteiger partial charge in [0, 0.05) is 13.0 Å². The lowest BCUT2D eigenvalue weighted by atomic mass is 10.5. The van der Waals surface area contributed by atoms with Crippen LogP contribution in [0.4, 0.5) is 5.69 Å². The van der Waals surface area contributed by atoms with E-state index in [2.05, 4.69) is 9.97 Å². The predicted molar refractivity (Wildman–Crippen MR) is 48.7 cm³/mol. The summed E-state index contributed by atoms with van der Waals surface area (Å²) in [5, 5.41) is 8.59. The van der Waals surface area contributed by atoms with E-state index in [4.69, 9.17) is 27.2 Å². The highest BCUT2D eigenvalue weighted by Crippen LogP contribution is 2.18. The molecule has 5 nitrogen and oxygen atoms in total. The van der Waals surface area contributed by atoms with Crippen LogP contribution < -0.4 is 10.5 Å². The predicted octanol–water partition coefficient (Wildman–Crippen LogP) is 0.473. The van der Waals surface area contributed by atoms with Crippen molar-refractivity contribution < 1.29 is 9.84 Å². The van der Waals surface area contributed by atoms with E-state index in [1.165, 1.54) is 6.20 Å². The van der Waals surface area contributed by atoms with E-state index < -0.39 is 0 Å². The zero-order chi connectivity index (χ0) is 9.68. The van der Waals surface area contributed by atoms with E-state index in [1.807, 2.05) is 0 Å². The molecule has 13 heavy (non-hydrogen) atoms. The number of nitrogens with two attached hydrogens (primary N) is 1. The molecule has 0 saturated carbocycles. The van der Waals surface area contributed by atoms with Gasteiger partial charge < -0.3 is 15.6 Å². The lowest BCUT2D eigenvalue weighted by molar-refractivity contribution is 0.230. The summed E-state index contributed by atoms with van der Waals surface area (Å²) in [4.78, 5) is 7.44. The van der Waals surface area contributed by atoms with Crippen LogP contribution in [0, 0.1) is 0 Å². The summed E-state index contributed by atoms with van der Waals surface area (Å²) in [6, 6.07) is 0. The number of ether oxygens (including phenoxy) is 1. The number of aliphatic hydroxyl groups is 1. The van der Waals surface area contributed by atoms with Crippen molar-refractivity contribution in [2.45, 2.75) is 6.42 Å². The van der Waals surface area contributed by atoms with Gasteiger partial charge in [-0.3, -0.25) is 0 Å². The number of hydrogen-bond donors (Lipinski definition) is 2. The molecule has 0 spiro atoms. The molecule has 0 aliphatic carbocycles. The van der Waals surface area contributed by atoms with Crippen molar-refractivity contribution in [1.29, 1.82) is 0 Å². The van der Waals surface area contributed by atoms with Crippen molar-refractivity contribution in [2.24, 2.45) is 0 Å². The maximum absolute atomic E-state index is 8.50. The number of rotatable bonds is 4. The number of nitrogen functional groups attached to an aromatic ring is 1. The highest BCUT2D eigenvalue weighted by molar-refractivity contribution is 6.28. The first-order valence-electron chi connectivity index (χ1n) is 3.75. The van der Waals surface area contributed by atoms with E-state index in [-0.39, 0.29) is 17.8 Å². The molecule has 1 aromatic rings. The van der Waals surface area contributed by atoms with E-state index in [0.29, 0.717) is 18.7 Å². The Hall–Kier alpha value is -1.07. The molecular weight excluding hydrogens is 194 g/mol. The summed E-state index contributed by atoms with van der Waals surface area (Å²) in [7, 11) is 0. The lowest BCUT2D eigenvalue weighted by Crippen LogP contribution is -2.04. The van der Waals surface area contributed by atoms with Crippen molar-refractivity contribution >= 4 is 17.3 Å². The second-order valence-electron chi connectivity index (χ2n) is 2.33. The van der Waals surface area contributed by atoms with Crippen molar-refractivity contribution in [1.82, 2.24) is 9.97 Å². The minimum absolute atomic E-state index is 0.0682. The van der Waals surface area contributed by atoms with Gasteiger partial charge in [0.15, 0.2) is 0 Å². The first-order valence-corrected chi connectivity index (χ1v) is 4.13. The molecule has 0 aliphatic heterocycles. The summed E-state index contributed by atoms with van der Waals surface area (Å²) < 4.78 is 5.14. The van der Waals surface area contributed by atoms with Crippen LogP contribution in [-0.4, -0.2) is 28.3 Å². The van der Waals surface area contributed by atoms with E-state index in [9.17, 15) is 0 Å². The summed E-state index contributed by atoms with van der Waals surface area (Å²) in [5.41, 5.74) is 5.84. The summed E-state index contributed by atoms with van der Waals surface area (Å²) in [5.74, 6) is 0.258. The van der Waals surface area contributed by atoms with Crippen LogP contribution in [0.2, 0.25) is 5.28 Å². The molecule has 0 aliphatic rings. The number of aromatic nitrogens is 2. The smallest absolute Gasteiger partial charge is 0.241 e. The Bertz CT molecular complexity index is 282. The molecule has 1 heterocycles. The normalized spacial score (nSPS) is 10.0. The fourth-order valence-corrected chi connectivity index (χ4v) is 0.830. The summed E-state index contributed by atoms with van der Waals surface area (Å²) in [6.45, 7) is 0.423. The third-order valence-corrected chi connectivity index (χ3v) is 1.47. The average Bonchev–Trinajstić information content (AvgIpc) is 2.11. The molecule has 0 bridgehead atoms. The highest BCUT2D eigenvalue weighted by Gasteiger charge is 2.03. The van der Waals surface area contributed by atoms with Crippen LogP contribution in [0.5, 0.6) is 5.88 Å². The lowest BCUT2D eigenvalue weighted by Gasteiger charge is -2.05. The fourth-order valence-electron chi connectivity index (χ4n) is 0.704. The molecule has 3 N–H and O–H groups in total. The second-order valence-corrected chi connectivity index (χ2v) is 2.66. The molecule has 0 atom stereocenters. The second kappa shape index (κ2) is 4.84. The number of anilines is 1. The van der Waals surface area contributed by atoms with Crippen LogP contribution in [0.15, 0.2) is 6.20 Å². The third-order valence-electron chi connectivity index (χ3n) is 1.29. The molecule has 0 radical (unpaired) electrons. The molecule has 0 unspecified atom stereocenters. The Kier molecular flexibility index (Phi) is 3.72. The number of nitrogens with zero attached hydrogens (tertiary/aromatic N) is 2. The van der Waals surface area contributed by atoms with Crippen molar-refractivity contribution in [3.63, 3.8) is 0 Å². The maximum Gasteiger partial charge on any atom is 0.241 e. The fraction of sp³-hybridized carbons (Fsp3) is 0.429. The van der Waals surface area contributed by atoms with Crippen LogP contribution in [0.25, 0.3) is 0 Å². The van der Waals surface area contributed by atoms with Crippen LogP contribution >= 0.6 is 11.6 Å². The average molecular weight is 204 g/mol. The molecule has 0 saturated heterocycles. The van der Waals surface area contributed by atoms with Gasteiger partial charge in [-0.1, -0.05) is 0 Å². The van der Waals surface area contributed by atoms with E-state index in [0.717, 1.165) is 0 Å². The Morgan fingerprint density at radius 3 is 3.08 bits per heavy atom. The zero-order valence-electron chi connectivity index (χ0n) is 6.90. The quantitative estimate of drug-likeness (QED) is 0.549. The van der Waals surface area contributed by atoms with E-state index in [1.54, 1.807) is 0 Å². The highest BCUT2D eigenvalue weighted by atomic mass is 35.5. The van der Waals surface area contributed by atoms with E-state index >= 15 is 0 Å². The van der Waals surface area contributed by atoms with Crippen LogP contribution in [-0.2, 0) is 0 Å². The number of hydrogen-bond acceptors (Lipinski definition) is 5. The third kappa shape index (κ3) is 3.04. The molecule has 1 rings (SSSR count).